The molecule has 0 aliphatic rings. The van der Waals surface area contributed by atoms with Crippen molar-refractivity contribution in [1.82, 2.24) is 10.6 Å². The Hall–Kier alpha value is -2.25. The van der Waals surface area contributed by atoms with Crippen molar-refractivity contribution in [1.29, 1.82) is 0 Å². The van der Waals surface area contributed by atoms with Gasteiger partial charge >= 0.3 is 5.97 Å². The van der Waals surface area contributed by atoms with Gasteiger partial charge in [-0.15, -0.1) is 0 Å². The highest BCUT2D eigenvalue weighted by atomic mass is 16.5. The molecule has 0 saturated carbocycles. The van der Waals surface area contributed by atoms with Crippen LogP contribution >= 0.6 is 0 Å². The second kappa shape index (κ2) is 15.7. The fourth-order valence-corrected chi connectivity index (χ4v) is 4.25. The van der Waals surface area contributed by atoms with Crippen LogP contribution < -0.4 is 16.4 Å². The number of hydrogen-bond acceptors (Lipinski definition) is 6. The number of nitrogens with one attached hydrogen (secondary N) is 2. The molecule has 35 heavy (non-hydrogen) atoms. The number of hydrogen-bond donors (Lipinski definition) is 3. The number of rotatable bonds is 15. The lowest BCUT2D eigenvalue weighted by Gasteiger charge is -2.30. The first-order valence-electron chi connectivity index (χ1n) is 13.0. The third-order valence-corrected chi connectivity index (χ3v) is 6.53. The van der Waals surface area contributed by atoms with E-state index >= 15 is 0 Å². The number of carbonyl (C=O) groups is 3. The summed E-state index contributed by atoms with van der Waals surface area (Å²) in [7, 11) is 0. The van der Waals surface area contributed by atoms with E-state index in [4.69, 9.17) is 10.5 Å². The van der Waals surface area contributed by atoms with E-state index in [2.05, 4.69) is 36.6 Å². The van der Waals surface area contributed by atoms with Gasteiger partial charge < -0.3 is 15.8 Å². The zero-order valence-corrected chi connectivity index (χ0v) is 22.7. The highest BCUT2D eigenvalue weighted by Crippen LogP contribution is 2.23. The molecule has 0 bridgehead atoms. The Labute approximate surface area is 211 Å². The minimum absolute atomic E-state index is 0.0554. The fourth-order valence-electron chi connectivity index (χ4n) is 4.25. The molecule has 0 saturated heterocycles. The summed E-state index contributed by atoms with van der Waals surface area (Å²) in [5, 5.41) is 5.99. The van der Waals surface area contributed by atoms with Gasteiger partial charge in [0.25, 0.3) is 0 Å². The predicted molar refractivity (Wildman–Crippen MR) is 140 cm³/mol. The van der Waals surface area contributed by atoms with E-state index in [0.29, 0.717) is 18.9 Å². The maximum atomic E-state index is 13.2. The van der Waals surface area contributed by atoms with Crippen LogP contribution in [-0.4, -0.2) is 42.5 Å². The Morgan fingerprint density at radius 1 is 0.971 bits per heavy atom. The van der Waals surface area contributed by atoms with Crippen molar-refractivity contribution in [2.45, 2.75) is 92.3 Å². The van der Waals surface area contributed by atoms with Crippen molar-refractivity contribution < 1.29 is 19.1 Å². The molecule has 2 amide bonds. The number of amides is 2. The van der Waals surface area contributed by atoms with Gasteiger partial charge in [0, 0.05) is 18.9 Å². The molecule has 7 heteroatoms. The second-order valence-corrected chi connectivity index (χ2v) is 10.4. The smallest absolute Gasteiger partial charge is 0.302 e. The minimum Gasteiger partial charge on any atom is -0.461 e. The third-order valence-electron chi connectivity index (χ3n) is 6.53. The summed E-state index contributed by atoms with van der Waals surface area (Å²) in [6.07, 6.45) is 1.96. The summed E-state index contributed by atoms with van der Waals surface area (Å²) in [5.74, 6) is -1.27. The topological polar surface area (TPSA) is 111 Å². The Bertz CT molecular complexity index is 782. The molecule has 0 spiro atoms. The molecule has 0 heterocycles. The number of ether oxygens (including phenoxy) is 1. The molecular weight excluding hydrogens is 442 g/mol. The van der Waals surface area contributed by atoms with Gasteiger partial charge in [-0.05, 0) is 49.1 Å². The van der Waals surface area contributed by atoms with Crippen molar-refractivity contribution >= 4 is 17.8 Å². The molecule has 1 aromatic rings. The van der Waals surface area contributed by atoms with Crippen LogP contribution in [0.5, 0.6) is 0 Å². The van der Waals surface area contributed by atoms with Gasteiger partial charge in [0.05, 0.1) is 6.04 Å². The summed E-state index contributed by atoms with van der Waals surface area (Å²) in [4.78, 5) is 38.1. The zero-order valence-electron chi connectivity index (χ0n) is 22.7. The van der Waals surface area contributed by atoms with Crippen molar-refractivity contribution in [3.05, 3.63) is 35.9 Å². The van der Waals surface area contributed by atoms with E-state index in [0.717, 1.165) is 12.8 Å². The maximum absolute atomic E-state index is 13.2. The second-order valence-electron chi connectivity index (χ2n) is 10.4. The van der Waals surface area contributed by atoms with Crippen LogP contribution in [0.3, 0.4) is 0 Å². The van der Waals surface area contributed by atoms with Gasteiger partial charge in [-0.3, -0.25) is 19.7 Å². The van der Waals surface area contributed by atoms with Gasteiger partial charge in [-0.1, -0.05) is 78.3 Å². The Kier molecular flexibility index (Phi) is 13.8. The van der Waals surface area contributed by atoms with Crippen LogP contribution in [0, 0.1) is 23.7 Å². The Balaban J connectivity index is 2.88. The van der Waals surface area contributed by atoms with Gasteiger partial charge in [0.15, 0.2) is 0 Å². The molecule has 5 atom stereocenters. The van der Waals surface area contributed by atoms with Crippen LogP contribution in [-0.2, 0) is 25.5 Å². The van der Waals surface area contributed by atoms with E-state index in [1.807, 2.05) is 45.9 Å². The summed E-state index contributed by atoms with van der Waals surface area (Å²) < 4.78 is 5.51. The molecule has 0 radical (unpaired) electrons. The first-order chi connectivity index (χ1) is 16.5. The van der Waals surface area contributed by atoms with Crippen LogP contribution in [0.2, 0.25) is 0 Å². The Morgan fingerprint density at radius 3 is 2.11 bits per heavy atom. The minimum atomic E-state index is -0.586. The number of esters is 1. The van der Waals surface area contributed by atoms with E-state index in [9.17, 15) is 14.4 Å². The molecule has 0 aliphatic carbocycles. The molecule has 0 fully saturated rings. The molecule has 198 valence electrons. The van der Waals surface area contributed by atoms with Crippen LogP contribution in [0.15, 0.2) is 30.3 Å². The van der Waals surface area contributed by atoms with E-state index in [1.165, 1.54) is 12.5 Å². The molecule has 0 aliphatic heterocycles. The first kappa shape index (κ1) is 30.8. The van der Waals surface area contributed by atoms with Gasteiger partial charge in [-0.2, -0.15) is 0 Å². The average Bonchev–Trinajstić information content (AvgIpc) is 2.78. The lowest BCUT2D eigenvalue weighted by molar-refractivity contribution is -0.150. The molecule has 0 unspecified atom stereocenters. The molecule has 4 N–H and O–H groups in total. The Morgan fingerprint density at radius 2 is 1.60 bits per heavy atom. The predicted octanol–water partition coefficient (Wildman–Crippen LogP) is 3.84. The van der Waals surface area contributed by atoms with Gasteiger partial charge in [0.2, 0.25) is 11.8 Å². The maximum Gasteiger partial charge on any atom is 0.302 e. The number of imide groups is 1. The van der Waals surface area contributed by atoms with Gasteiger partial charge in [-0.25, -0.2) is 0 Å². The third kappa shape index (κ3) is 11.4. The van der Waals surface area contributed by atoms with E-state index in [-0.39, 0.29) is 36.1 Å². The van der Waals surface area contributed by atoms with Crippen LogP contribution in [0.1, 0.15) is 73.3 Å². The SMILES string of the molecule is CC[C@H](C)[C@H](NCCc1ccccc1)C(=O)NC(=O)[C@@H](C[C@H](OC(C)=O)[C@@H](N)CC(C)C)C(C)C. The van der Waals surface area contributed by atoms with Crippen LogP contribution in [0.4, 0.5) is 0 Å². The summed E-state index contributed by atoms with van der Waals surface area (Å²) >= 11 is 0. The van der Waals surface area contributed by atoms with E-state index < -0.39 is 24.0 Å². The molecular formula is C28H47N3O4. The molecule has 1 rings (SSSR count). The zero-order chi connectivity index (χ0) is 26.5. The van der Waals surface area contributed by atoms with Crippen molar-refractivity contribution in [3.63, 3.8) is 0 Å². The lowest BCUT2D eigenvalue weighted by Crippen LogP contribution is -2.52. The monoisotopic (exact) mass is 489 g/mol. The molecule has 7 nitrogen and oxygen atoms in total. The van der Waals surface area contributed by atoms with E-state index in [1.54, 1.807) is 0 Å². The number of benzene rings is 1. The van der Waals surface area contributed by atoms with Crippen molar-refractivity contribution in [2.24, 2.45) is 29.4 Å². The van der Waals surface area contributed by atoms with Crippen LogP contribution in [0.25, 0.3) is 0 Å². The normalized spacial score (nSPS) is 15.8. The van der Waals surface area contributed by atoms with Crippen molar-refractivity contribution in [2.75, 3.05) is 6.54 Å². The summed E-state index contributed by atoms with van der Waals surface area (Å²) in [6.45, 7) is 14.0. The lowest BCUT2D eigenvalue weighted by atomic mass is 9.85. The fraction of sp³-hybridized carbons (Fsp3) is 0.679. The number of nitrogens with two attached hydrogens (primary N) is 1. The average molecular weight is 490 g/mol. The summed E-state index contributed by atoms with van der Waals surface area (Å²) in [6, 6.07) is 9.22. The standard InChI is InChI=1S/C28H47N3O4/c1-8-20(6)26(30-15-14-22-12-10-9-11-13-22)28(34)31-27(33)23(19(4)5)17-25(35-21(7)32)24(29)16-18(2)3/h9-13,18-20,23-26,30H,8,14-17,29H2,1-7H3,(H,31,33,34)/t20-,23-,24-,25-,26-/m0/s1. The largest absolute Gasteiger partial charge is 0.461 e. The molecule has 1 aromatic carbocycles. The highest BCUT2D eigenvalue weighted by molar-refractivity contribution is 5.98. The summed E-state index contributed by atoms with van der Waals surface area (Å²) in [5.41, 5.74) is 7.53. The first-order valence-corrected chi connectivity index (χ1v) is 13.0. The highest BCUT2D eigenvalue weighted by Gasteiger charge is 2.33. The quantitative estimate of drug-likeness (QED) is 0.323. The number of carbonyl (C=O) groups excluding carboxylic acids is 3. The van der Waals surface area contributed by atoms with Crippen molar-refractivity contribution in [3.8, 4) is 0 Å². The van der Waals surface area contributed by atoms with Gasteiger partial charge in [0.1, 0.15) is 6.10 Å². The molecule has 0 aromatic heterocycles.